The fourth-order valence-corrected chi connectivity index (χ4v) is 3.08. The van der Waals surface area contributed by atoms with Crippen molar-refractivity contribution in [2.75, 3.05) is 18.0 Å². The zero-order chi connectivity index (χ0) is 19.2. The summed E-state index contributed by atoms with van der Waals surface area (Å²) in [5.41, 5.74) is 1.63. The number of anilines is 1. The molecule has 6 heteroatoms. The maximum Gasteiger partial charge on any atom is 0.267 e. The minimum atomic E-state index is -0.588. The molecule has 1 unspecified atom stereocenters. The van der Waals surface area contributed by atoms with Crippen molar-refractivity contribution >= 4 is 17.5 Å². The third kappa shape index (κ3) is 4.26. The quantitative estimate of drug-likeness (QED) is 0.740. The second kappa shape index (κ2) is 8.37. The van der Waals surface area contributed by atoms with E-state index in [2.05, 4.69) is 0 Å². The Morgan fingerprint density at radius 1 is 1.19 bits per heavy atom. The SMILES string of the molecule is CC1Oc2ccccc2N(CCC(=O)N(CC#N)Cc2ccccc2)C1=O. The van der Waals surface area contributed by atoms with E-state index >= 15 is 0 Å². The van der Waals surface area contributed by atoms with Crippen LogP contribution in [0.3, 0.4) is 0 Å². The van der Waals surface area contributed by atoms with Crippen molar-refractivity contribution in [1.82, 2.24) is 4.90 Å². The van der Waals surface area contributed by atoms with Crippen LogP contribution in [0.2, 0.25) is 0 Å². The lowest BCUT2D eigenvalue weighted by Crippen LogP contribution is -2.46. The summed E-state index contributed by atoms with van der Waals surface area (Å²) in [6, 6.07) is 18.9. The minimum absolute atomic E-state index is 0.0117. The van der Waals surface area contributed by atoms with Crippen LogP contribution in [0.15, 0.2) is 54.6 Å². The Labute approximate surface area is 158 Å². The van der Waals surface area contributed by atoms with Gasteiger partial charge in [-0.2, -0.15) is 5.26 Å². The highest BCUT2D eigenvalue weighted by Crippen LogP contribution is 2.33. The molecule has 6 nitrogen and oxygen atoms in total. The highest BCUT2D eigenvalue weighted by Gasteiger charge is 2.31. The summed E-state index contributed by atoms with van der Waals surface area (Å²) in [6.07, 6.45) is -0.448. The third-order valence-electron chi connectivity index (χ3n) is 4.45. The Balaban J connectivity index is 1.70. The number of amides is 2. The van der Waals surface area contributed by atoms with Gasteiger partial charge in [-0.3, -0.25) is 9.59 Å². The number of carbonyl (C=O) groups excluding carboxylic acids is 2. The molecule has 0 saturated carbocycles. The van der Waals surface area contributed by atoms with Gasteiger partial charge in [-0.15, -0.1) is 0 Å². The zero-order valence-electron chi connectivity index (χ0n) is 15.2. The van der Waals surface area contributed by atoms with Gasteiger partial charge in [-0.25, -0.2) is 0 Å². The lowest BCUT2D eigenvalue weighted by molar-refractivity contribution is -0.131. The van der Waals surface area contributed by atoms with Gasteiger partial charge in [0.1, 0.15) is 12.3 Å². The van der Waals surface area contributed by atoms with Crippen molar-refractivity contribution in [1.29, 1.82) is 5.26 Å². The molecule has 1 aliphatic rings. The standard InChI is InChI=1S/C21H21N3O3/c1-16-21(26)24(18-9-5-6-10-19(18)27-16)13-11-20(25)23(14-12-22)15-17-7-3-2-4-8-17/h2-10,16H,11,13-15H2,1H3. The Bertz CT molecular complexity index is 860. The van der Waals surface area contributed by atoms with Crippen LogP contribution in [0.1, 0.15) is 18.9 Å². The summed E-state index contributed by atoms with van der Waals surface area (Å²) in [5, 5.41) is 9.06. The Kier molecular flexibility index (Phi) is 5.72. The molecule has 0 saturated heterocycles. The van der Waals surface area contributed by atoms with Crippen LogP contribution < -0.4 is 9.64 Å². The molecule has 138 valence electrons. The van der Waals surface area contributed by atoms with Crippen molar-refractivity contribution in [3.63, 3.8) is 0 Å². The third-order valence-corrected chi connectivity index (χ3v) is 4.45. The highest BCUT2D eigenvalue weighted by molar-refractivity contribution is 6.00. The van der Waals surface area contributed by atoms with Crippen LogP contribution >= 0.6 is 0 Å². The van der Waals surface area contributed by atoms with Crippen molar-refractivity contribution in [3.05, 3.63) is 60.2 Å². The van der Waals surface area contributed by atoms with Gasteiger partial charge in [0.2, 0.25) is 5.91 Å². The molecule has 1 atom stereocenters. The van der Waals surface area contributed by atoms with Gasteiger partial charge in [0.15, 0.2) is 6.10 Å². The predicted molar refractivity (Wildman–Crippen MR) is 101 cm³/mol. The van der Waals surface area contributed by atoms with Crippen LogP contribution in [0.25, 0.3) is 0 Å². The van der Waals surface area contributed by atoms with Crippen molar-refractivity contribution < 1.29 is 14.3 Å². The number of fused-ring (bicyclic) bond motifs is 1. The number of ether oxygens (including phenoxy) is 1. The molecule has 2 aromatic rings. The van der Waals surface area contributed by atoms with E-state index in [1.54, 1.807) is 17.9 Å². The van der Waals surface area contributed by atoms with Crippen LogP contribution in [-0.2, 0) is 16.1 Å². The number of para-hydroxylation sites is 2. The second-order valence-electron chi connectivity index (χ2n) is 6.36. The fourth-order valence-electron chi connectivity index (χ4n) is 3.08. The molecule has 27 heavy (non-hydrogen) atoms. The molecule has 1 aliphatic heterocycles. The number of nitriles is 1. The average Bonchev–Trinajstić information content (AvgIpc) is 2.68. The summed E-state index contributed by atoms with van der Waals surface area (Å²) < 4.78 is 5.62. The maximum absolute atomic E-state index is 12.7. The number of rotatable bonds is 6. The molecule has 3 rings (SSSR count). The van der Waals surface area contributed by atoms with Gasteiger partial charge in [0.25, 0.3) is 5.91 Å². The number of nitrogens with zero attached hydrogens (tertiary/aromatic N) is 3. The van der Waals surface area contributed by atoms with E-state index in [0.29, 0.717) is 18.0 Å². The first-order chi connectivity index (χ1) is 13.1. The largest absolute Gasteiger partial charge is 0.479 e. The molecule has 0 spiro atoms. The molecule has 0 bridgehead atoms. The predicted octanol–water partition coefficient (Wildman–Crippen LogP) is 2.74. The molecule has 0 radical (unpaired) electrons. The van der Waals surface area contributed by atoms with Gasteiger partial charge in [0, 0.05) is 19.5 Å². The normalized spacial score (nSPS) is 15.5. The van der Waals surface area contributed by atoms with Crippen molar-refractivity contribution in [2.45, 2.75) is 26.0 Å². The molecular formula is C21H21N3O3. The van der Waals surface area contributed by atoms with Crippen LogP contribution in [0.5, 0.6) is 5.75 Å². The maximum atomic E-state index is 12.7. The average molecular weight is 363 g/mol. The molecule has 1 heterocycles. The summed E-state index contributed by atoms with van der Waals surface area (Å²) in [5.74, 6) is 0.302. The van der Waals surface area contributed by atoms with Crippen molar-refractivity contribution in [3.8, 4) is 11.8 Å². The van der Waals surface area contributed by atoms with Gasteiger partial charge < -0.3 is 14.5 Å². The lowest BCUT2D eigenvalue weighted by atomic mass is 10.1. The lowest BCUT2D eigenvalue weighted by Gasteiger charge is -2.33. The van der Waals surface area contributed by atoms with Crippen LogP contribution in [0.4, 0.5) is 5.69 Å². The first-order valence-electron chi connectivity index (χ1n) is 8.86. The summed E-state index contributed by atoms with van der Waals surface area (Å²) in [7, 11) is 0. The number of carbonyl (C=O) groups is 2. The first-order valence-corrected chi connectivity index (χ1v) is 8.86. The smallest absolute Gasteiger partial charge is 0.267 e. The van der Waals surface area contributed by atoms with Gasteiger partial charge in [-0.1, -0.05) is 42.5 Å². The molecular weight excluding hydrogens is 342 g/mol. The minimum Gasteiger partial charge on any atom is -0.479 e. The summed E-state index contributed by atoms with van der Waals surface area (Å²) in [6.45, 7) is 2.33. The number of benzene rings is 2. The van der Waals surface area contributed by atoms with E-state index in [-0.39, 0.29) is 31.3 Å². The molecule has 0 aromatic heterocycles. The van der Waals surface area contributed by atoms with E-state index in [9.17, 15) is 9.59 Å². The Morgan fingerprint density at radius 3 is 2.63 bits per heavy atom. The summed E-state index contributed by atoms with van der Waals surface area (Å²) in [4.78, 5) is 28.3. The van der Waals surface area contributed by atoms with E-state index in [4.69, 9.17) is 10.00 Å². The topological polar surface area (TPSA) is 73.6 Å². The van der Waals surface area contributed by atoms with Crippen LogP contribution in [-0.4, -0.2) is 35.9 Å². The van der Waals surface area contributed by atoms with Gasteiger partial charge >= 0.3 is 0 Å². The molecule has 0 fully saturated rings. The van der Waals surface area contributed by atoms with E-state index in [0.717, 1.165) is 5.56 Å². The molecule has 2 amide bonds. The monoisotopic (exact) mass is 363 g/mol. The van der Waals surface area contributed by atoms with Gasteiger partial charge in [-0.05, 0) is 24.6 Å². The zero-order valence-corrected chi connectivity index (χ0v) is 15.2. The van der Waals surface area contributed by atoms with Crippen LogP contribution in [0, 0.1) is 11.3 Å². The Morgan fingerprint density at radius 2 is 1.89 bits per heavy atom. The van der Waals surface area contributed by atoms with E-state index in [1.165, 1.54) is 4.90 Å². The Hall–Kier alpha value is -3.33. The number of hydrogen-bond donors (Lipinski definition) is 0. The first kappa shape index (κ1) is 18.5. The molecule has 0 N–H and O–H groups in total. The number of hydrogen-bond acceptors (Lipinski definition) is 4. The summed E-state index contributed by atoms with van der Waals surface area (Å²) >= 11 is 0. The highest BCUT2D eigenvalue weighted by atomic mass is 16.5. The fraction of sp³-hybridized carbons (Fsp3) is 0.286. The molecule has 2 aromatic carbocycles. The van der Waals surface area contributed by atoms with E-state index < -0.39 is 6.10 Å². The van der Waals surface area contributed by atoms with E-state index in [1.807, 2.05) is 54.6 Å². The van der Waals surface area contributed by atoms with Gasteiger partial charge in [0.05, 0.1) is 11.8 Å². The van der Waals surface area contributed by atoms with Crippen molar-refractivity contribution in [2.24, 2.45) is 0 Å². The molecule has 0 aliphatic carbocycles. The second-order valence-corrected chi connectivity index (χ2v) is 6.36.